The number of rotatable bonds is 6. The van der Waals surface area contributed by atoms with Gasteiger partial charge >= 0.3 is 0 Å². The molecule has 0 radical (unpaired) electrons. The molecule has 0 aromatic carbocycles. The van der Waals surface area contributed by atoms with Crippen LogP contribution >= 0.6 is 0 Å². The highest BCUT2D eigenvalue weighted by atomic mass is 15.2. The summed E-state index contributed by atoms with van der Waals surface area (Å²) in [6.45, 7) is 4.68. The molecule has 1 aliphatic rings. The standard InChI is InChI=1S/C19H22N4/c1-19(10-4-7-13-22-19)16-23(14-17-8-2-5-11-20-17)15-18-9-3-6-12-21-18/h2-13,22H,14-16H2,1H3. The Morgan fingerprint density at radius 3 is 2.09 bits per heavy atom. The predicted octanol–water partition coefficient (Wildman–Crippen LogP) is 2.91. The number of dihydropyridines is 1. The van der Waals surface area contributed by atoms with Crippen LogP contribution in [0, 0.1) is 0 Å². The van der Waals surface area contributed by atoms with E-state index in [1.807, 2.05) is 48.9 Å². The van der Waals surface area contributed by atoms with Gasteiger partial charge in [-0.1, -0.05) is 24.3 Å². The van der Waals surface area contributed by atoms with Gasteiger partial charge in [-0.25, -0.2) is 0 Å². The SMILES string of the molecule is CC1(CN(Cc2ccccn2)Cc2ccccn2)C=CC=CN1. The molecule has 1 aliphatic heterocycles. The fourth-order valence-corrected chi connectivity index (χ4v) is 2.78. The predicted molar refractivity (Wildman–Crippen MR) is 92.4 cm³/mol. The molecule has 0 saturated carbocycles. The maximum Gasteiger partial charge on any atom is 0.0652 e. The van der Waals surface area contributed by atoms with Crippen LogP contribution in [0.25, 0.3) is 0 Å². The molecule has 1 atom stereocenters. The second-order valence-electron chi connectivity index (χ2n) is 6.07. The van der Waals surface area contributed by atoms with E-state index in [9.17, 15) is 0 Å². The minimum Gasteiger partial charge on any atom is -0.381 e. The molecule has 1 N–H and O–H groups in total. The number of hydrogen-bond acceptors (Lipinski definition) is 4. The lowest BCUT2D eigenvalue weighted by atomic mass is 9.99. The monoisotopic (exact) mass is 306 g/mol. The quantitative estimate of drug-likeness (QED) is 0.891. The molecule has 3 heterocycles. The fraction of sp³-hybridized carbons (Fsp3) is 0.263. The molecular formula is C19H22N4. The summed E-state index contributed by atoms with van der Waals surface area (Å²) < 4.78 is 0. The van der Waals surface area contributed by atoms with Crippen molar-refractivity contribution in [2.24, 2.45) is 0 Å². The molecule has 4 nitrogen and oxygen atoms in total. The van der Waals surface area contributed by atoms with Crippen LogP contribution in [0.1, 0.15) is 18.3 Å². The smallest absolute Gasteiger partial charge is 0.0652 e. The first kappa shape index (κ1) is 15.4. The first-order valence-electron chi connectivity index (χ1n) is 7.88. The van der Waals surface area contributed by atoms with E-state index in [1.165, 1.54) is 0 Å². The van der Waals surface area contributed by atoms with Crippen LogP contribution in [0.2, 0.25) is 0 Å². The van der Waals surface area contributed by atoms with Gasteiger partial charge in [0.05, 0.1) is 16.9 Å². The maximum absolute atomic E-state index is 4.46. The van der Waals surface area contributed by atoms with Crippen LogP contribution in [0.5, 0.6) is 0 Å². The molecule has 118 valence electrons. The Morgan fingerprint density at radius 2 is 1.61 bits per heavy atom. The number of nitrogens with one attached hydrogen (secondary N) is 1. The molecule has 0 saturated heterocycles. The van der Waals surface area contributed by atoms with E-state index in [-0.39, 0.29) is 5.54 Å². The number of allylic oxidation sites excluding steroid dienone is 2. The van der Waals surface area contributed by atoms with Crippen molar-refractivity contribution in [2.75, 3.05) is 6.54 Å². The van der Waals surface area contributed by atoms with Crippen molar-refractivity contribution in [2.45, 2.75) is 25.6 Å². The van der Waals surface area contributed by atoms with Crippen molar-refractivity contribution >= 4 is 0 Å². The van der Waals surface area contributed by atoms with Gasteiger partial charge < -0.3 is 5.32 Å². The van der Waals surface area contributed by atoms with Crippen molar-refractivity contribution in [3.8, 4) is 0 Å². The summed E-state index contributed by atoms with van der Waals surface area (Å²) in [5.41, 5.74) is 2.06. The van der Waals surface area contributed by atoms with Gasteiger partial charge in [-0.3, -0.25) is 14.9 Å². The van der Waals surface area contributed by atoms with Crippen LogP contribution in [-0.2, 0) is 13.1 Å². The topological polar surface area (TPSA) is 41.1 Å². The van der Waals surface area contributed by atoms with E-state index < -0.39 is 0 Å². The minimum atomic E-state index is -0.0850. The Balaban J connectivity index is 1.75. The molecular weight excluding hydrogens is 284 g/mol. The van der Waals surface area contributed by atoms with Crippen LogP contribution in [0.15, 0.2) is 73.2 Å². The number of pyridine rings is 2. The molecule has 0 amide bonds. The van der Waals surface area contributed by atoms with Crippen molar-refractivity contribution in [1.82, 2.24) is 20.2 Å². The third kappa shape index (κ3) is 4.50. The van der Waals surface area contributed by atoms with Gasteiger partial charge in [0.15, 0.2) is 0 Å². The summed E-state index contributed by atoms with van der Waals surface area (Å²) >= 11 is 0. The molecule has 23 heavy (non-hydrogen) atoms. The maximum atomic E-state index is 4.46. The average molecular weight is 306 g/mol. The summed E-state index contributed by atoms with van der Waals surface area (Å²) in [6.07, 6.45) is 12.0. The van der Waals surface area contributed by atoms with Crippen molar-refractivity contribution in [3.05, 3.63) is 84.6 Å². The largest absolute Gasteiger partial charge is 0.381 e. The van der Waals surface area contributed by atoms with Crippen LogP contribution in [-0.4, -0.2) is 27.0 Å². The molecule has 0 aliphatic carbocycles. The van der Waals surface area contributed by atoms with E-state index >= 15 is 0 Å². The second kappa shape index (κ2) is 7.20. The van der Waals surface area contributed by atoms with Gasteiger partial charge in [0.25, 0.3) is 0 Å². The summed E-state index contributed by atoms with van der Waals surface area (Å²) in [6, 6.07) is 12.1. The van der Waals surface area contributed by atoms with Gasteiger partial charge in [-0.15, -0.1) is 0 Å². The highest BCUT2D eigenvalue weighted by molar-refractivity contribution is 5.19. The van der Waals surface area contributed by atoms with Crippen LogP contribution in [0.3, 0.4) is 0 Å². The zero-order valence-electron chi connectivity index (χ0n) is 13.4. The Kier molecular flexibility index (Phi) is 4.83. The molecule has 0 bridgehead atoms. The molecule has 4 heteroatoms. The summed E-state index contributed by atoms with van der Waals surface area (Å²) in [5.74, 6) is 0. The number of aromatic nitrogens is 2. The lowest BCUT2D eigenvalue weighted by Gasteiger charge is -2.34. The van der Waals surface area contributed by atoms with Crippen molar-refractivity contribution in [1.29, 1.82) is 0 Å². The van der Waals surface area contributed by atoms with Crippen molar-refractivity contribution < 1.29 is 0 Å². The van der Waals surface area contributed by atoms with E-state index in [0.717, 1.165) is 31.0 Å². The Hall–Kier alpha value is -2.46. The zero-order valence-corrected chi connectivity index (χ0v) is 13.4. The van der Waals surface area contributed by atoms with Gasteiger partial charge in [0, 0.05) is 32.0 Å². The van der Waals surface area contributed by atoms with E-state index in [2.05, 4.69) is 51.4 Å². The minimum absolute atomic E-state index is 0.0850. The average Bonchev–Trinajstić information content (AvgIpc) is 2.57. The highest BCUT2D eigenvalue weighted by Crippen LogP contribution is 2.16. The molecule has 0 fully saturated rings. The van der Waals surface area contributed by atoms with E-state index in [4.69, 9.17) is 0 Å². The summed E-state index contributed by atoms with van der Waals surface area (Å²) in [4.78, 5) is 11.3. The normalized spacial score (nSPS) is 19.7. The van der Waals surface area contributed by atoms with Crippen LogP contribution in [0.4, 0.5) is 0 Å². The summed E-state index contributed by atoms with van der Waals surface area (Å²) in [7, 11) is 0. The lowest BCUT2D eigenvalue weighted by molar-refractivity contribution is 0.204. The molecule has 3 rings (SSSR count). The third-order valence-electron chi connectivity index (χ3n) is 3.86. The number of hydrogen-bond donors (Lipinski definition) is 1. The lowest BCUT2D eigenvalue weighted by Crippen LogP contribution is -2.48. The van der Waals surface area contributed by atoms with Gasteiger partial charge in [0.2, 0.25) is 0 Å². The van der Waals surface area contributed by atoms with E-state index in [1.54, 1.807) is 0 Å². The van der Waals surface area contributed by atoms with Gasteiger partial charge in [-0.2, -0.15) is 0 Å². The molecule has 2 aromatic rings. The van der Waals surface area contributed by atoms with Gasteiger partial charge in [-0.05, 0) is 43.5 Å². The fourth-order valence-electron chi connectivity index (χ4n) is 2.78. The first-order chi connectivity index (χ1) is 11.2. The summed E-state index contributed by atoms with van der Waals surface area (Å²) in [5, 5.41) is 3.45. The molecule has 1 unspecified atom stereocenters. The molecule has 2 aromatic heterocycles. The van der Waals surface area contributed by atoms with Crippen molar-refractivity contribution in [3.63, 3.8) is 0 Å². The Morgan fingerprint density at radius 1 is 0.957 bits per heavy atom. The first-order valence-corrected chi connectivity index (χ1v) is 7.88. The number of nitrogens with zero attached hydrogens (tertiary/aromatic N) is 3. The van der Waals surface area contributed by atoms with Crippen LogP contribution < -0.4 is 5.32 Å². The Bertz CT molecular complexity index is 625. The Labute approximate surface area is 137 Å². The molecule has 0 spiro atoms. The van der Waals surface area contributed by atoms with Gasteiger partial charge in [0.1, 0.15) is 0 Å². The highest BCUT2D eigenvalue weighted by Gasteiger charge is 2.24. The zero-order chi connectivity index (χ0) is 16.0. The third-order valence-corrected chi connectivity index (χ3v) is 3.86. The second-order valence-corrected chi connectivity index (χ2v) is 6.07. The van der Waals surface area contributed by atoms with E-state index in [0.29, 0.717) is 0 Å².